The summed E-state index contributed by atoms with van der Waals surface area (Å²) in [5.41, 5.74) is 1.74. The smallest absolute Gasteiger partial charge is 0.254 e. The molecule has 0 unspecified atom stereocenters. The number of carbonyl (C=O) groups excluding carboxylic acids is 1. The highest BCUT2D eigenvalue weighted by Crippen LogP contribution is 2.17. The van der Waals surface area contributed by atoms with E-state index in [2.05, 4.69) is 23.7 Å². The third-order valence-corrected chi connectivity index (χ3v) is 5.08. The molecule has 0 aliphatic carbocycles. The monoisotopic (exact) mass is 411 g/mol. The fraction of sp³-hybridized carbons (Fsp3) is 0.500. The van der Waals surface area contributed by atoms with Gasteiger partial charge in [-0.1, -0.05) is 19.9 Å². The number of hydrogen-bond donors (Lipinski definition) is 0. The van der Waals surface area contributed by atoms with E-state index in [0.29, 0.717) is 31.2 Å². The Hall–Kier alpha value is -2.44. The lowest BCUT2D eigenvalue weighted by Crippen LogP contribution is -2.39. The van der Waals surface area contributed by atoms with Crippen molar-refractivity contribution in [3.63, 3.8) is 0 Å². The zero-order chi connectivity index (χ0) is 21.2. The molecule has 1 aromatic carbocycles. The molecule has 1 fully saturated rings. The van der Waals surface area contributed by atoms with Gasteiger partial charge in [-0.15, -0.1) is 0 Å². The van der Waals surface area contributed by atoms with Crippen LogP contribution in [0.25, 0.3) is 0 Å². The number of pyridine rings is 1. The molecule has 6 heteroatoms. The number of nitrogens with zero attached hydrogens (tertiary/aromatic N) is 3. The van der Waals surface area contributed by atoms with Gasteiger partial charge in [0.25, 0.3) is 5.91 Å². The molecule has 3 rings (SSSR count). The van der Waals surface area contributed by atoms with Crippen LogP contribution in [0, 0.1) is 5.92 Å². The largest absolute Gasteiger partial charge is 0.493 e. The van der Waals surface area contributed by atoms with Crippen LogP contribution in [-0.4, -0.2) is 66.7 Å². The Morgan fingerprint density at radius 1 is 1.20 bits per heavy atom. The van der Waals surface area contributed by atoms with Crippen LogP contribution in [0.2, 0.25) is 0 Å². The zero-order valence-electron chi connectivity index (χ0n) is 18.1. The maximum Gasteiger partial charge on any atom is 0.254 e. The fourth-order valence-corrected chi connectivity index (χ4v) is 3.44. The van der Waals surface area contributed by atoms with E-state index in [4.69, 9.17) is 9.47 Å². The van der Waals surface area contributed by atoms with Crippen molar-refractivity contribution in [3.8, 4) is 5.75 Å². The highest BCUT2D eigenvalue weighted by molar-refractivity contribution is 5.94. The normalized spacial score (nSPS) is 14.6. The SMILES string of the molecule is CC(C)COc1cccc(C(=O)N(CCCN2CCOCC2)Cc2ccncc2)c1. The van der Waals surface area contributed by atoms with Crippen molar-refractivity contribution in [2.45, 2.75) is 26.8 Å². The quantitative estimate of drug-likeness (QED) is 0.599. The summed E-state index contributed by atoms with van der Waals surface area (Å²) in [6, 6.07) is 11.4. The predicted octanol–water partition coefficient (Wildman–Crippen LogP) is 3.48. The first-order valence-corrected chi connectivity index (χ1v) is 10.8. The minimum Gasteiger partial charge on any atom is -0.493 e. The topological polar surface area (TPSA) is 54.9 Å². The first-order valence-electron chi connectivity index (χ1n) is 10.8. The molecule has 1 aliphatic heterocycles. The van der Waals surface area contributed by atoms with Gasteiger partial charge in [-0.2, -0.15) is 0 Å². The summed E-state index contributed by atoms with van der Waals surface area (Å²) in [4.78, 5) is 21.8. The van der Waals surface area contributed by atoms with E-state index >= 15 is 0 Å². The van der Waals surface area contributed by atoms with Crippen molar-refractivity contribution in [1.29, 1.82) is 0 Å². The fourth-order valence-electron chi connectivity index (χ4n) is 3.44. The van der Waals surface area contributed by atoms with Crippen molar-refractivity contribution in [2.75, 3.05) is 46.0 Å². The zero-order valence-corrected chi connectivity index (χ0v) is 18.1. The van der Waals surface area contributed by atoms with Crippen LogP contribution in [0.3, 0.4) is 0 Å². The van der Waals surface area contributed by atoms with Crippen LogP contribution in [0.15, 0.2) is 48.8 Å². The molecule has 0 radical (unpaired) electrons. The van der Waals surface area contributed by atoms with Crippen LogP contribution in [-0.2, 0) is 11.3 Å². The standard InChI is InChI=1S/C24H33N3O3/c1-20(2)19-30-23-6-3-5-22(17-23)24(28)27(18-21-7-9-25-10-8-21)12-4-11-26-13-15-29-16-14-26/h3,5-10,17,20H,4,11-16,18-19H2,1-2H3. The summed E-state index contributed by atoms with van der Waals surface area (Å²) in [5, 5.41) is 0. The lowest BCUT2D eigenvalue weighted by atomic mass is 10.1. The molecule has 2 heterocycles. The van der Waals surface area contributed by atoms with Gasteiger partial charge in [0.2, 0.25) is 0 Å². The predicted molar refractivity (Wildman–Crippen MR) is 118 cm³/mol. The number of benzene rings is 1. The Morgan fingerprint density at radius 2 is 1.97 bits per heavy atom. The summed E-state index contributed by atoms with van der Waals surface area (Å²) in [6.45, 7) is 10.6. The number of rotatable bonds is 10. The number of carbonyl (C=O) groups is 1. The summed E-state index contributed by atoms with van der Waals surface area (Å²) in [7, 11) is 0. The second kappa shape index (κ2) is 11.7. The first kappa shape index (κ1) is 22.2. The van der Waals surface area contributed by atoms with Crippen LogP contribution in [0.4, 0.5) is 0 Å². The van der Waals surface area contributed by atoms with Gasteiger partial charge in [-0.05, 0) is 48.2 Å². The van der Waals surface area contributed by atoms with E-state index in [1.54, 1.807) is 12.4 Å². The van der Waals surface area contributed by atoms with E-state index < -0.39 is 0 Å². The molecule has 0 N–H and O–H groups in total. The molecule has 30 heavy (non-hydrogen) atoms. The van der Waals surface area contributed by atoms with Gasteiger partial charge in [0.05, 0.1) is 19.8 Å². The van der Waals surface area contributed by atoms with Gasteiger partial charge in [0, 0.05) is 50.7 Å². The Balaban J connectivity index is 1.66. The number of morpholine rings is 1. The van der Waals surface area contributed by atoms with Gasteiger partial charge in [-0.25, -0.2) is 0 Å². The molecule has 2 aromatic rings. The number of aromatic nitrogens is 1. The molecule has 0 saturated carbocycles. The van der Waals surface area contributed by atoms with E-state index in [1.165, 1.54) is 0 Å². The second-order valence-electron chi connectivity index (χ2n) is 8.12. The van der Waals surface area contributed by atoms with Crippen molar-refractivity contribution in [3.05, 3.63) is 59.9 Å². The van der Waals surface area contributed by atoms with Gasteiger partial charge >= 0.3 is 0 Å². The molecule has 0 spiro atoms. The summed E-state index contributed by atoms with van der Waals surface area (Å²) in [6.07, 6.45) is 4.47. The van der Waals surface area contributed by atoms with Crippen LogP contribution in [0.1, 0.15) is 36.2 Å². The highest BCUT2D eigenvalue weighted by Gasteiger charge is 2.18. The summed E-state index contributed by atoms with van der Waals surface area (Å²) < 4.78 is 11.2. The molecule has 0 bridgehead atoms. The molecule has 0 atom stereocenters. The van der Waals surface area contributed by atoms with Crippen molar-refractivity contribution in [1.82, 2.24) is 14.8 Å². The Morgan fingerprint density at radius 3 is 2.70 bits per heavy atom. The van der Waals surface area contributed by atoms with Crippen LogP contribution >= 0.6 is 0 Å². The maximum atomic E-state index is 13.3. The highest BCUT2D eigenvalue weighted by atomic mass is 16.5. The average molecular weight is 412 g/mol. The summed E-state index contributed by atoms with van der Waals surface area (Å²) >= 11 is 0. The van der Waals surface area contributed by atoms with Gasteiger partial charge in [0.15, 0.2) is 0 Å². The van der Waals surface area contributed by atoms with Gasteiger partial charge < -0.3 is 14.4 Å². The first-order chi connectivity index (χ1) is 14.6. The minimum atomic E-state index is 0.0313. The molecule has 162 valence electrons. The molecular weight excluding hydrogens is 378 g/mol. The average Bonchev–Trinajstić information content (AvgIpc) is 2.78. The van der Waals surface area contributed by atoms with Crippen LogP contribution < -0.4 is 4.74 Å². The van der Waals surface area contributed by atoms with Gasteiger partial charge in [-0.3, -0.25) is 14.7 Å². The molecule has 1 aromatic heterocycles. The number of amides is 1. The van der Waals surface area contributed by atoms with E-state index in [1.807, 2.05) is 41.3 Å². The third kappa shape index (κ3) is 7.11. The number of ether oxygens (including phenoxy) is 2. The van der Waals surface area contributed by atoms with Gasteiger partial charge in [0.1, 0.15) is 5.75 Å². The van der Waals surface area contributed by atoms with Crippen molar-refractivity contribution in [2.24, 2.45) is 5.92 Å². The lowest BCUT2D eigenvalue weighted by molar-refractivity contribution is 0.0355. The molecule has 1 amide bonds. The molecular formula is C24H33N3O3. The minimum absolute atomic E-state index is 0.0313. The Kier molecular flexibility index (Phi) is 8.66. The Labute approximate surface area is 179 Å². The van der Waals surface area contributed by atoms with Crippen LogP contribution in [0.5, 0.6) is 5.75 Å². The molecule has 1 saturated heterocycles. The summed E-state index contributed by atoms with van der Waals surface area (Å²) in [5.74, 6) is 1.21. The van der Waals surface area contributed by atoms with E-state index in [9.17, 15) is 4.79 Å². The maximum absolute atomic E-state index is 13.3. The molecule has 1 aliphatic rings. The Bertz CT molecular complexity index is 776. The molecule has 6 nitrogen and oxygen atoms in total. The van der Waals surface area contributed by atoms with Crippen molar-refractivity contribution >= 4 is 5.91 Å². The second-order valence-corrected chi connectivity index (χ2v) is 8.12. The lowest BCUT2D eigenvalue weighted by Gasteiger charge is -2.28. The number of hydrogen-bond acceptors (Lipinski definition) is 5. The van der Waals surface area contributed by atoms with Crippen molar-refractivity contribution < 1.29 is 14.3 Å². The third-order valence-electron chi connectivity index (χ3n) is 5.08. The van der Waals surface area contributed by atoms with E-state index in [-0.39, 0.29) is 5.91 Å². The van der Waals surface area contributed by atoms with E-state index in [0.717, 1.165) is 50.6 Å².